The molecule has 0 spiro atoms. The summed E-state index contributed by atoms with van der Waals surface area (Å²) in [5.41, 5.74) is 9.30. The number of rotatable bonds is 4. The van der Waals surface area contributed by atoms with Gasteiger partial charge in [0.2, 0.25) is 0 Å². The van der Waals surface area contributed by atoms with Crippen molar-refractivity contribution >= 4 is 64.4 Å². The second-order valence-electron chi connectivity index (χ2n) is 12.9. The molecular weight excluding hydrogens is 864 g/mol. The second kappa shape index (κ2) is 15.0. The minimum Gasteiger partial charge on any atom is -0.302 e. The van der Waals surface area contributed by atoms with E-state index < -0.39 is 0 Å². The Morgan fingerprint density at radius 1 is 0.434 bits per heavy atom. The van der Waals surface area contributed by atoms with E-state index in [4.69, 9.17) is 9.97 Å². The first-order valence-corrected chi connectivity index (χ1v) is 18.9. The van der Waals surface area contributed by atoms with Crippen LogP contribution in [-0.2, 0) is 21.1 Å². The zero-order valence-corrected chi connectivity index (χ0v) is 32.9. The molecule has 0 saturated carbocycles. The number of benzene rings is 6. The predicted octanol–water partition coefficient (Wildman–Crippen LogP) is 13.8. The fourth-order valence-corrected chi connectivity index (χ4v) is 8.86. The van der Waals surface area contributed by atoms with Crippen LogP contribution in [0.4, 0.5) is 0 Å². The van der Waals surface area contributed by atoms with Gasteiger partial charge < -0.3 is 9.97 Å². The van der Waals surface area contributed by atoms with Crippen LogP contribution < -0.4 is 0 Å². The van der Waals surface area contributed by atoms with Gasteiger partial charge in [-0.1, -0.05) is 121 Å². The SMILES string of the molecule is Cc1cc(-c2[c-]c3ccccc3s2)ncc1-c1cccc2ccccc12.Cc1cc(-c2[c-]c3ccccc3s2)ncc1-c1cccc2ccccc12.[Pt+2]. The third-order valence-corrected chi connectivity index (χ3v) is 11.7. The molecule has 0 saturated heterocycles. The average Bonchev–Trinajstić information content (AvgIpc) is 3.83. The summed E-state index contributed by atoms with van der Waals surface area (Å²) in [6.45, 7) is 4.32. The summed E-state index contributed by atoms with van der Waals surface area (Å²) in [7, 11) is 0. The molecule has 0 aliphatic rings. The van der Waals surface area contributed by atoms with Crippen molar-refractivity contribution in [3.05, 3.63) is 181 Å². The Balaban J connectivity index is 0.000000148. The van der Waals surface area contributed by atoms with Crippen LogP contribution in [0.3, 0.4) is 0 Å². The van der Waals surface area contributed by atoms with E-state index in [0.717, 1.165) is 31.9 Å². The summed E-state index contributed by atoms with van der Waals surface area (Å²) in [5, 5.41) is 7.36. The largest absolute Gasteiger partial charge is 2.00 e. The maximum Gasteiger partial charge on any atom is 2.00 e. The first-order valence-electron chi connectivity index (χ1n) is 17.3. The van der Waals surface area contributed by atoms with E-state index in [0.29, 0.717) is 0 Å². The Bertz CT molecular complexity index is 2630. The van der Waals surface area contributed by atoms with Gasteiger partial charge in [-0.2, -0.15) is 0 Å². The normalized spacial score (nSPS) is 11.1. The maximum atomic E-state index is 4.77. The summed E-state index contributed by atoms with van der Waals surface area (Å²) in [6.07, 6.45) is 4.01. The minimum atomic E-state index is 0. The van der Waals surface area contributed by atoms with Crippen molar-refractivity contribution in [1.29, 1.82) is 0 Å². The van der Waals surface area contributed by atoms with Gasteiger partial charge in [-0.25, -0.2) is 22.7 Å². The number of hydrogen-bond donors (Lipinski definition) is 0. The molecule has 0 aliphatic carbocycles. The maximum absolute atomic E-state index is 4.77. The molecule has 10 rings (SSSR count). The minimum absolute atomic E-state index is 0. The van der Waals surface area contributed by atoms with Crippen molar-refractivity contribution in [2.24, 2.45) is 0 Å². The quantitative estimate of drug-likeness (QED) is 0.165. The molecule has 0 N–H and O–H groups in total. The molecule has 0 atom stereocenters. The number of hydrogen-bond acceptors (Lipinski definition) is 4. The van der Waals surface area contributed by atoms with Crippen molar-refractivity contribution in [1.82, 2.24) is 9.97 Å². The number of fused-ring (bicyclic) bond motifs is 4. The molecule has 0 amide bonds. The van der Waals surface area contributed by atoms with Crippen molar-refractivity contribution < 1.29 is 21.1 Å². The molecule has 0 bridgehead atoms. The van der Waals surface area contributed by atoms with E-state index in [9.17, 15) is 0 Å². The zero-order chi connectivity index (χ0) is 35.0. The van der Waals surface area contributed by atoms with Crippen LogP contribution in [0.1, 0.15) is 11.1 Å². The Morgan fingerprint density at radius 3 is 1.26 bits per heavy atom. The van der Waals surface area contributed by atoms with Gasteiger partial charge in [-0.15, -0.1) is 47.2 Å². The molecule has 4 aromatic heterocycles. The smallest absolute Gasteiger partial charge is 0.302 e. The molecule has 5 heteroatoms. The zero-order valence-electron chi connectivity index (χ0n) is 29.0. The number of pyridine rings is 2. The van der Waals surface area contributed by atoms with Crippen molar-refractivity contribution in [3.8, 4) is 43.4 Å². The summed E-state index contributed by atoms with van der Waals surface area (Å²) in [6, 6.07) is 58.0. The summed E-state index contributed by atoms with van der Waals surface area (Å²) in [5.74, 6) is 0. The van der Waals surface area contributed by atoms with Crippen LogP contribution in [0.25, 0.3) is 85.1 Å². The average molecular weight is 896 g/mol. The van der Waals surface area contributed by atoms with Gasteiger partial charge in [-0.05, 0) is 76.8 Å². The van der Waals surface area contributed by atoms with Gasteiger partial charge in [0.15, 0.2) is 0 Å². The van der Waals surface area contributed by atoms with Crippen LogP contribution in [0.15, 0.2) is 158 Å². The van der Waals surface area contributed by atoms with E-state index >= 15 is 0 Å². The van der Waals surface area contributed by atoms with E-state index in [1.54, 1.807) is 22.7 Å². The molecule has 10 aromatic rings. The van der Waals surface area contributed by atoms with Gasteiger partial charge in [0.05, 0.1) is 0 Å². The molecule has 0 aliphatic heterocycles. The summed E-state index contributed by atoms with van der Waals surface area (Å²) < 4.78 is 2.50. The number of aryl methyl sites for hydroxylation is 2. The first-order chi connectivity index (χ1) is 25.6. The molecule has 4 heterocycles. The summed E-state index contributed by atoms with van der Waals surface area (Å²) >= 11 is 3.49. The van der Waals surface area contributed by atoms with Crippen LogP contribution in [0.2, 0.25) is 0 Å². The van der Waals surface area contributed by atoms with Crippen molar-refractivity contribution in [2.75, 3.05) is 0 Å². The van der Waals surface area contributed by atoms with Gasteiger partial charge in [0, 0.05) is 34.9 Å². The van der Waals surface area contributed by atoms with Gasteiger partial charge in [0.1, 0.15) is 0 Å². The molecule has 0 fully saturated rings. The number of nitrogens with zero attached hydrogens (tertiary/aromatic N) is 2. The molecule has 2 nitrogen and oxygen atoms in total. The standard InChI is InChI=1S/2C24H16NS.Pt/c2*1-16-13-22(24-14-18-8-3-5-12-23(18)26-24)25-15-21(16)20-11-6-9-17-7-2-4-10-19(17)20;/h2*2-13,15H,1H3;/q2*-1;+2. The third-order valence-electron chi connectivity index (χ3n) is 9.54. The Hall–Kier alpha value is -5.25. The fraction of sp³-hybridized carbons (Fsp3) is 0.0417. The van der Waals surface area contributed by atoms with E-state index in [1.807, 2.05) is 12.4 Å². The molecule has 6 aromatic carbocycles. The van der Waals surface area contributed by atoms with E-state index in [-0.39, 0.29) is 21.1 Å². The fourth-order valence-electron chi connectivity index (χ4n) is 6.91. The Kier molecular flexibility index (Phi) is 9.86. The van der Waals surface area contributed by atoms with Gasteiger partial charge >= 0.3 is 21.1 Å². The Morgan fingerprint density at radius 2 is 0.830 bits per heavy atom. The van der Waals surface area contributed by atoms with Crippen LogP contribution in [0, 0.1) is 26.0 Å². The number of aromatic nitrogens is 2. The molecule has 0 unspecified atom stereocenters. The van der Waals surface area contributed by atoms with E-state index in [2.05, 4.69) is 172 Å². The van der Waals surface area contributed by atoms with E-state index in [1.165, 1.54) is 64.3 Å². The van der Waals surface area contributed by atoms with Crippen LogP contribution >= 0.6 is 22.7 Å². The van der Waals surface area contributed by atoms with Crippen LogP contribution in [-0.4, -0.2) is 9.97 Å². The number of thiophene rings is 2. The molecule has 53 heavy (non-hydrogen) atoms. The van der Waals surface area contributed by atoms with Crippen molar-refractivity contribution in [2.45, 2.75) is 13.8 Å². The van der Waals surface area contributed by atoms with Gasteiger partial charge in [-0.3, -0.25) is 0 Å². The van der Waals surface area contributed by atoms with Crippen LogP contribution in [0.5, 0.6) is 0 Å². The topological polar surface area (TPSA) is 25.8 Å². The molecule has 0 radical (unpaired) electrons. The Labute approximate surface area is 331 Å². The first kappa shape index (κ1) is 34.8. The molecule has 256 valence electrons. The van der Waals surface area contributed by atoms with Gasteiger partial charge in [0.25, 0.3) is 0 Å². The van der Waals surface area contributed by atoms with Crippen molar-refractivity contribution in [3.63, 3.8) is 0 Å². The molecular formula is C48H32N2PtS2. The summed E-state index contributed by atoms with van der Waals surface area (Å²) in [4.78, 5) is 11.7. The third kappa shape index (κ3) is 6.87. The second-order valence-corrected chi connectivity index (χ2v) is 15.0. The predicted molar refractivity (Wildman–Crippen MR) is 223 cm³/mol. The monoisotopic (exact) mass is 895 g/mol.